The Morgan fingerprint density at radius 2 is 1.93 bits per heavy atom. The summed E-state index contributed by atoms with van der Waals surface area (Å²) in [5.41, 5.74) is 0.187. The predicted octanol–water partition coefficient (Wildman–Crippen LogP) is 3.57. The molecule has 1 saturated heterocycles. The summed E-state index contributed by atoms with van der Waals surface area (Å²) in [4.78, 5) is 24.7. The number of esters is 1. The molecule has 1 N–H and O–H groups in total. The topological polar surface area (TPSA) is 64.6 Å². The molecule has 2 aliphatic carbocycles. The molecule has 1 aliphatic heterocycles. The molecule has 152 valence electrons. The number of fused-ring (bicyclic) bond motifs is 3. The molecule has 4 rings (SSSR count). The second kappa shape index (κ2) is 7.41. The summed E-state index contributed by atoms with van der Waals surface area (Å²) in [5, 5.41) is 3.19. The number of nitrogens with one attached hydrogen (secondary N) is 1. The van der Waals surface area contributed by atoms with Gasteiger partial charge in [0.2, 0.25) is 0 Å². The van der Waals surface area contributed by atoms with Crippen LogP contribution >= 0.6 is 0 Å². The van der Waals surface area contributed by atoms with E-state index < -0.39 is 0 Å². The maximum absolute atomic E-state index is 12.5. The summed E-state index contributed by atoms with van der Waals surface area (Å²) in [5.74, 6) is 1.45. The molecular weight excluding hydrogens is 354 g/mol. The van der Waals surface area contributed by atoms with E-state index in [2.05, 4.69) is 19.2 Å². The number of hydrogen-bond donors (Lipinski definition) is 1. The van der Waals surface area contributed by atoms with Gasteiger partial charge in [0.25, 0.3) is 5.91 Å². The highest BCUT2D eigenvalue weighted by molar-refractivity contribution is 5.78. The zero-order valence-corrected chi connectivity index (χ0v) is 17.0. The van der Waals surface area contributed by atoms with Gasteiger partial charge in [0.1, 0.15) is 11.9 Å². The van der Waals surface area contributed by atoms with Gasteiger partial charge >= 0.3 is 5.97 Å². The van der Waals surface area contributed by atoms with E-state index in [9.17, 15) is 9.59 Å². The number of ether oxygens (including phenoxy) is 2. The Balaban J connectivity index is 1.41. The molecule has 5 nitrogen and oxygen atoms in total. The van der Waals surface area contributed by atoms with Crippen molar-refractivity contribution in [1.29, 1.82) is 0 Å². The lowest BCUT2D eigenvalue weighted by Gasteiger charge is -2.54. The molecule has 0 unspecified atom stereocenters. The van der Waals surface area contributed by atoms with Gasteiger partial charge in [-0.2, -0.15) is 0 Å². The molecule has 2 saturated carbocycles. The van der Waals surface area contributed by atoms with Crippen molar-refractivity contribution in [2.45, 2.75) is 58.6 Å². The Morgan fingerprint density at radius 3 is 2.68 bits per heavy atom. The third kappa shape index (κ3) is 3.40. The Labute approximate surface area is 167 Å². The molecule has 3 fully saturated rings. The molecule has 0 radical (unpaired) electrons. The van der Waals surface area contributed by atoms with E-state index >= 15 is 0 Å². The molecule has 5 heteroatoms. The predicted molar refractivity (Wildman–Crippen MR) is 106 cm³/mol. The normalized spacial score (nSPS) is 39.5. The summed E-state index contributed by atoms with van der Waals surface area (Å²) in [6.45, 7) is 6.58. The minimum atomic E-state index is -0.0894. The number of amides is 1. The molecule has 0 spiro atoms. The lowest BCUT2D eigenvalue weighted by Crippen LogP contribution is -2.57. The number of benzene rings is 1. The van der Waals surface area contributed by atoms with Crippen LogP contribution in [0.5, 0.6) is 5.75 Å². The number of hydrogen-bond acceptors (Lipinski definition) is 4. The maximum Gasteiger partial charge on any atom is 0.309 e. The second-order valence-electron chi connectivity index (χ2n) is 9.25. The van der Waals surface area contributed by atoms with E-state index in [4.69, 9.17) is 9.47 Å². The molecule has 0 bridgehead atoms. The van der Waals surface area contributed by atoms with Crippen LogP contribution in [0.2, 0.25) is 0 Å². The first-order chi connectivity index (χ1) is 13.4. The largest absolute Gasteiger partial charge is 0.484 e. The van der Waals surface area contributed by atoms with Crippen LogP contribution in [0, 0.1) is 29.1 Å². The lowest BCUT2D eigenvalue weighted by molar-refractivity contribution is -0.154. The fraction of sp³-hybridized carbons (Fsp3) is 0.652. The van der Waals surface area contributed by atoms with Crippen molar-refractivity contribution < 1.29 is 19.1 Å². The van der Waals surface area contributed by atoms with Crippen molar-refractivity contribution in [3.8, 4) is 5.75 Å². The van der Waals surface area contributed by atoms with Crippen LogP contribution in [-0.2, 0) is 14.3 Å². The summed E-state index contributed by atoms with van der Waals surface area (Å²) < 4.78 is 11.5. The van der Waals surface area contributed by atoms with Gasteiger partial charge in [0.05, 0.1) is 5.92 Å². The first-order valence-corrected chi connectivity index (χ1v) is 10.6. The van der Waals surface area contributed by atoms with E-state index in [1.54, 1.807) is 0 Å². The van der Waals surface area contributed by atoms with Crippen LogP contribution in [0.4, 0.5) is 0 Å². The Morgan fingerprint density at radius 1 is 1.21 bits per heavy atom. The lowest BCUT2D eigenvalue weighted by atomic mass is 9.52. The van der Waals surface area contributed by atoms with Crippen molar-refractivity contribution in [1.82, 2.24) is 5.32 Å². The van der Waals surface area contributed by atoms with E-state index in [-0.39, 0.29) is 47.9 Å². The molecule has 1 aromatic rings. The van der Waals surface area contributed by atoms with Gasteiger partial charge in [0, 0.05) is 17.9 Å². The second-order valence-corrected chi connectivity index (χ2v) is 9.25. The Bertz CT molecular complexity index is 735. The fourth-order valence-electron chi connectivity index (χ4n) is 5.94. The highest BCUT2D eigenvalue weighted by atomic mass is 16.6. The Kier molecular flexibility index (Phi) is 5.11. The highest BCUT2D eigenvalue weighted by Gasteiger charge is 2.58. The first-order valence-electron chi connectivity index (χ1n) is 10.6. The van der Waals surface area contributed by atoms with Crippen LogP contribution in [0.25, 0.3) is 0 Å². The summed E-state index contributed by atoms with van der Waals surface area (Å²) >= 11 is 0. The molecule has 7 atom stereocenters. The fourth-order valence-corrected chi connectivity index (χ4v) is 5.94. The van der Waals surface area contributed by atoms with Gasteiger partial charge in [-0.25, -0.2) is 0 Å². The van der Waals surface area contributed by atoms with E-state index in [1.807, 2.05) is 37.3 Å². The van der Waals surface area contributed by atoms with Crippen molar-refractivity contribution >= 4 is 11.9 Å². The van der Waals surface area contributed by atoms with Gasteiger partial charge in [-0.15, -0.1) is 0 Å². The number of carbonyl (C=O) groups is 2. The van der Waals surface area contributed by atoms with Crippen LogP contribution in [0.1, 0.15) is 46.5 Å². The van der Waals surface area contributed by atoms with E-state index in [0.29, 0.717) is 17.6 Å². The molecular formula is C23H31NO4. The summed E-state index contributed by atoms with van der Waals surface area (Å²) in [7, 11) is 0. The quantitative estimate of drug-likeness (QED) is 0.805. The number of rotatable bonds is 4. The minimum absolute atomic E-state index is 0.00322. The van der Waals surface area contributed by atoms with E-state index in [1.165, 1.54) is 0 Å². The molecule has 3 aliphatic rings. The SMILES string of the molecule is C[C@@H]1[C@@H]2[C@@H]3OC(=O)[C@@H](C)[C@@H]3CC[C@]2(C)CC[C@@H]1NC(=O)COc1ccccc1. The van der Waals surface area contributed by atoms with Gasteiger partial charge in [-0.1, -0.05) is 39.0 Å². The average molecular weight is 386 g/mol. The third-order valence-corrected chi connectivity index (χ3v) is 7.58. The van der Waals surface area contributed by atoms with E-state index in [0.717, 1.165) is 25.7 Å². The van der Waals surface area contributed by atoms with Crippen LogP contribution < -0.4 is 10.1 Å². The van der Waals surface area contributed by atoms with Crippen LogP contribution in [0.15, 0.2) is 30.3 Å². The summed E-state index contributed by atoms with van der Waals surface area (Å²) in [6.07, 6.45) is 4.23. The van der Waals surface area contributed by atoms with Crippen molar-refractivity contribution in [2.75, 3.05) is 6.61 Å². The maximum atomic E-state index is 12.5. The van der Waals surface area contributed by atoms with Crippen LogP contribution in [-0.4, -0.2) is 30.6 Å². The zero-order chi connectivity index (χ0) is 19.9. The zero-order valence-electron chi connectivity index (χ0n) is 17.0. The Hall–Kier alpha value is -2.04. The number of carbonyl (C=O) groups excluding carboxylic acids is 2. The molecule has 0 aromatic heterocycles. The highest BCUT2D eigenvalue weighted by Crippen LogP contribution is 2.57. The van der Waals surface area contributed by atoms with Gasteiger partial charge < -0.3 is 14.8 Å². The monoisotopic (exact) mass is 385 g/mol. The van der Waals surface area contributed by atoms with Crippen LogP contribution in [0.3, 0.4) is 0 Å². The first kappa shape index (κ1) is 19.3. The molecule has 1 heterocycles. The summed E-state index contributed by atoms with van der Waals surface area (Å²) in [6, 6.07) is 9.49. The average Bonchev–Trinajstić information content (AvgIpc) is 2.97. The standard InChI is InChI=1S/C23H31NO4/c1-14-17-9-11-23(3)12-10-18(15(2)20(23)21(17)28-22(14)26)24-19(25)13-27-16-7-5-4-6-8-16/h4-8,14-15,17-18,20-21H,9-13H2,1-3H3,(H,24,25)/t14-,15-,17-,18-,20+,21+,23+/m0/s1. The molecule has 1 amide bonds. The van der Waals surface area contributed by atoms with Gasteiger partial charge in [0.15, 0.2) is 6.61 Å². The van der Waals surface area contributed by atoms with Gasteiger partial charge in [-0.3, -0.25) is 9.59 Å². The minimum Gasteiger partial charge on any atom is -0.484 e. The number of para-hydroxylation sites is 1. The smallest absolute Gasteiger partial charge is 0.309 e. The third-order valence-electron chi connectivity index (χ3n) is 7.58. The van der Waals surface area contributed by atoms with Gasteiger partial charge in [-0.05, 0) is 49.1 Å². The van der Waals surface area contributed by atoms with Crippen molar-refractivity contribution in [2.24, 2.45) is 29.1 Å². The molecule has 28 heavy (non-hydrogen) atoms. The van der Waals surface area contributed by atoms with Crippen molar-refractivity contribution in [3.05, 3.63) is 30.3 Å². The van der Waals surface area contributed by atoms with Crippen molar-refractivity contribution in [3.63, 3.8) is 0 Å². The molecule has 1 aromatic carbocycles.